The summed E-state index contributed by atoms with van der Waals surface area (Å²) in [6.45, 7) is 2.25. The third-order valence-corrected chi connectivity index (χ3v) is 4.49. The second-order valence-corrected chi connectivity index (χ2v) is 5.74. The molecular weight excluding hydrogens is 270 g/mol. The van der Waals surface area contributed by atoms with E-state index in [1.165, 1.54) is 0 Å². The van der Waals surface area contributed by atoms with Crippen LogP contribution in [0.3, 0.4) is 0 Å². The lowest BCUT2D eigenvalue weighted by atomic mass is 9.89. The summed E-state index contributed by atoms with van der Waals surface area (Å²) in [4.78, 5) is 17.3. The third-order valence-electron chi connectivity index (χ3n) is 4.49. The highest BCUT2D eigenvalue weighted by Crippen LogP contribution is 2.41. The van der Waals surface area contributed by atoms with Crippen molar-refractivity contribution in [1.29, 1.82) is 0 Å². The number of nitrogens with two attached hydrogens (primary N) is 1. The molecule has 6 nitrogen and oxygen atoms in total. The maximum Gasteiger partial charge on any atom is 0.314 e. The molecule has 1 saturated heterocycles. The molecular formula is C15H21N3O3. The molecule has 1 aromatic rings. The van der Waals surface area contributed by atoms with Crippen LogP contribution in [0, 0.1) is 5.92 Å². The Morgan fingerprint density at radius 3 is 3.24 bits per heavy atom. The standard InChI is InChI=1S/C15H21N3O3/c16-14(19)18-8-9-21-15(11-18)6-3-4-12(15)10-20-13-5-1-2-7-17-13/h1-2,5,7,12H,3-4,6,8-11H2,(H2,16,19)/t12-,15-/m1/s1. The Kier molecular flexibility index (Phi) is 3.96. The third kappa shape index (κ3) is 2.95. The van der Waals surface area contributed by atoms with Gasteiger partial charge in [0.05, 0.1) is 25.4 Å². The number of hydrogen-bond donors (Lipinski definition) is 1. The average Bonchev–Trinajstić information content (AvgIpc) is 2.88. The van der Waals surface area contributed by atoms with E-state index in [1.807, 2.05) is 18.2 Å². The zero-order valence-electron chi connectivity index (χ0n) is 12.0. The Morgan fingerprint density at radius 2 is 2.48 bits per heavy atom. The van der Waals surface area contributed by atoms with E-state index in [0.29, 0.717) is 32.2 Å². The number of pyridine rings is 1. The van der Waals surface area contributed by atoms with Crippen molar-refractivity contribution >= 4 is 6.03 Å². The van der Waals surface area contributed by atoms with Gasteiger partial charge in [-0.2, -0.15) is 0 Å². The molecule has 2 heterocycles. The number of aromatic nitrogens is 1. The SMILES string of the molecule is NC(=O)N1CCO[C@]2(CCC[C@@H]2COc2ccccn2)C1. The van der Waals surface area contributed by atoms with Crippen molar-refractivity contribution in [2.75, 3.05) is 26.3 Å². The number of hydrogen-bond acceptors (Lipinski definition) is 4. The summed E-state index contributed by atoms with van der Waals surface area (Å²) in [6, 6.07) is 5.24. The van der Waals surface area contributed by atoms with Crippen LogP contribution in [0.25, 0.3) is 0 Å². The molecule has 1 aliphatic carbocycles. The predicted octanol–water partition coefficient (Wildman–Crippen LogP) is 1.41. The van der Waals surface area contributed by atoms with Gasteiger partial charge in [0, 0.05) is 24.7 Å². The molecule has 0 bridgehead atoms. The minimum Gasteiger partial charge on any atom is -0.477 e. The normalized spacial score (nSPS) is 28.8. The fraction of sp³-hybridized carbons (Fsp3) is 0.600. The lowest BCUT2D eigenvalue weighted by Crippen LogP contribution is -2.57. The molecule has 21 heavy (non-hydrogen) atoms. The van der Waals surface area contributed by atoms with Crippen LogP contribution in [0.4, 0.5) is 4.79 Å². The Hall–Kier alpha value is -1.82. The van der Waals surface area contributed by atoms with E-state index in [2.05, 4.69) is 4.98 Å². The van der Waals surface area contributed by atoms with Gasteiger partial charge in [0.15, 0.2) is 0 Å². The molecule has 0 aromatic carbocycles. The van der Waals surface area contributed by atoms with Gasteiger partial charge in [0.2, 0.25) is 5.88 Å². The molecule has 2 N–H and O–H groups in total. The molecule has 1 aliphatic heterocycles. The summed E-state index contributed by atoms with van der Waals surface area (Å²) in [5, 5.41) is 0. The first-order chi connectivity index (χ1) is 10.2. The zero-order chi connectivity index (χ0) is 14.7. The van der Waals surface area contributed by atoms with Gasteiger partial charge < -0.3 is 20.1 Å². The maximum atomic E-state index is 11.4. The molecule has 3 rings (SSSR count). The van der Waals surface area contributed by atoms with Crippen LogP contribution < -0.4 is 10.5 Å². The summed E-state index contributed by atoms with van der Waals surface area (Å²) in [6.07, 6.45) is 4.79. The highest BCUT2D eigenvalue weighted by Gasteiger charge is 2.48. The topological polar surface area (TPSA) is 77.7 Å². The van der Waals surface area contributed by atoms with Gasteiger partial charge in [0.1, 0.15) is 0 Å². The zero-order valence-corrected chi connectivity index (χ0v) is 12.0. The van der Waals surface area contributed by atoms with Crippen molar-refractivity contribution in [3.05, 3.63) is 24.4 Å². The van der Waals surface area contributed by atoms with E-state index in [0.717, 1.165) is 19.3 Å². The average molecular weight is 291 g/mol. The largest absolute Gasteiger partial charge is 0.477 e. The van der Waals surface area contributed by atoms with Crippen molar-refractivity contribution in [1.82, 2.24) is 9.88 Å². The maximum absolute atomic E-state index is 11.4. The van der Waals surface area contributed by atoms with E-state index in [-0.39, 0.29) is 17.6 Å². The highest BCUT2D eigenvalue weighted by atomic mass is 16.5. The second kappa shape index (κ2) is 5.89. The van der Waals surface area contributed by atoms with Crippen molar-refractivity contribution in [3.63, 3.8) is 0 Å². The van der Waals surface area contributed by atoms with E-state index in [4.69, 9.17) is 15.2 Å². The van der Waals surface area contributed by atoms with Gasteiger partial charge in [0.25, 0.3) is 0 Å². The Balaban J connectivity index is 1.65. The first kappa shape index (κ1) is 14.1. The van der Waals surface area contributed by atoms with Crippen LogP contribution in [0.2, 0.25) is 0 Å². The first-order valence-corrected chi connectivity index (χ1v) is 7.42. The summed E-state index contributed by atoms with van der Waals surface area (Å²) in [5.41, 5.74) is 5.12. The number of primary amides is 1. The van der Waals surface area contributed by atoms with Crippen LogP contribution >= 0.6 is 0 Å². The number of carbonyl (C=O) groups is 1. The number of nitrogens with zero attached hydrogens (tertiary/aromatic N) is 2. The molecule has 6 heteroatoms. The first-order valence-electron chi connectivity index (χ1n) is 7.42. The summed E-state index contributed by atoms with van der Waals surface area (Å²) in [7, 11) is 0. The molecule has 114 valence electrons. The minimum absolute atomic E-state index is 0.265. The molecule has 0 unspecified atom stereocenters. The van der Waals surface area contributed by atoms with Crippen LogP contribution in [-0.2, 0) is 4.74 Å². The molecule has 2 atom stereocenters. The summed E-state index contributed by atoms with van der Waals surface area (Å²) >= 11 is 0. The van der Waals surface area contributed by atoms with Crippen LogP contribution in [-0.4, -0.2) is 47.8 Å². The summed E-state index contributed by atoms with van der Waals surface area (Å²) < 4.78 is 11.8. The van der Waals surface area contributed by atoms with Crippen LogP contribution in [0.15, 0.2) is 24.4 Å². The van der Waals surface area contributed by atoms with Gasteiger partial charge >= 0.3 is 6.03 Å². The van der Waals surface area contributed by atoms with Crippen LogP contribution in [0.5, 0.6) is 5.88 Å². The monoisotopic (exact) mass is 291 g/mol. The summed E-state index contributed by atoms with van der Waals surface area (Å²) in [5.74, 6) is 0.892. The number of ether oxygens (including phenoxy) is 2. The molecule has 2 fully saturated rings. The van der Waals surface area contributed by atoms with E-state index in [9.17, 15) is 4.79 Å². The van der Waals surface area contributed by atoms with Gasteiger partial charge in [-0.25, -0.2) is 9.78 Å². The van der Waals surface area contributed by atoms with Gasteiger partial charge in [-0.05, 0) is 25.3 Å². The molecule has 0 radical (unpaired) electrons. The molecule has 1 aromatic heterocycles. The van der Waals surface area contributed by atoms with Gasteiger partial charge in [-0.3, -0.25) is 0 Å². The minimum atomic E-state index is -0.367. The fourth-order valence-corrected chi connectivity index (χ4v) is 3.36. The number of amides is 2. The number of morpholine rings is 1. The quantitative estimate of drug-likeness (QED) is 0.913. The Morgan fingerprint density at radius 1 is 1.57 bits per heavy atom. The molecule has 2 aliphatic rings. The van der Waals surface area contributed by atoms with E-state index in [1.54, 1.807) is 11.1 Å². The van der Waals surface area contributed by atoms with Crippen molar-refractivity contribution < 1.29 is 14.3 Å². The number of carbonyl (C=O) groups excluding carboxylic acids is 1. The Labute approximate surface area is 124 Å². The lowest BCUT2D eigenvalue weighted by Gasteiger charge is -2.43. The van der Waals surface area contributed by atoms with Crippen molar-refractivity contribution in [2.45, 2.75) is 24.9 Å². The van der Waals surface area contributed by atoms with Crippen LogP contribution in [0.1, 0.15) is 19.3 Å². The Bertz CT molecular complexity index is 496. The van der Waals surface area contributed by atoms with Crippen molar-refractivity contribution in [2.24, 2.45) is 11.7 Å². The van der Waals surface area contributed by atoms with Crippen molar-refractivity contribution in [3.8, 4) is 5.88 Å². The lowest BCUT2D eigenvalue weighted by molar-refractivity contribution is -0.125. The highest BCUT2D eigenvalue weighted by molar-refractivity contribution is 5.72. The molecule has 2 amide bonds. The fourth-order valence-electron chi connectivity index (χ4n) is 3.36. The smallest absolute Gasteiger partial charge is 0.314 e. The molecule has 1 spiro atoms. The second-order valence-electron chi connectivity index (χ2n) is 5.74. The van der Waals surface area contributed by atoms with E-state index >= 15 is 0 Å². The number of urea groups is 1. The molecule has 1 saturated carbocycles. The predicted molar refractivity (Wildman–Crippen MR) is 76.9 cm³/mol. The number of rotatable bonds is 3. The van der Waals surface area contributed by atoms with Gasteiger partial charge in [-0.1, -0.05) is 6.07 Å². The van der Waals surface area contributed by atoms with Gasteiger partial charge in [-0.15, -0.1) is 0 Å². The van der Waals surface area contributed by atoms with E-state index < -0.39 is 0 Å².